The molecule has 1 fully saturated rings. The minimum Gasteiger partial charge on any atom is -0.507 e. The Kier molecular flexibility index (Phi) is 6.84. The van der Waals surface area contributed by atoms with E-state index < -0.39 is 17.7 Å². The molecule has 7 heteroatoms. The summed E-state index contributed by atoms with van der Waals surface area (Å²) in [5.41, 5.74) is 1.26. The van der Waals surface area contributed by atoms with Gasteiger partial charge in [-0.2, -0.15) is 0 Å². The first-order valence-corrected chi connectivity index (χ1v) is 10.00. The van der Waals surface area contributed by atoms with Gasteiger partial charge in [0.15, 0.2) is 0 Å². The van der Waals surface area contributed by atoms with Crippen LogP contribution in [0, 0.1) is 0 Å². The number of benzene rings is 1. The maximum absolute atomic E-state index is 13.0. The summed E-state index contributed by atoms with van der Waals surface area (Å²) in [6.45, 7) is 3.54. The molecule has 1 aromatic heterocycles. The summed E-state index contributed by atoms with van der Waals surface area (Å²) in [4.78, 5) is 33.4. The van der Waals surface area contributed by atoms with E-state index >= 15 is 0 Å². The van der Waals surface area contributed by atoms with E-state index in [0.29, 0.717) is 30.9 Å². The third kappa shape index (κ3) is 4.52. The quantitative estimate of drug-likeness (QED) is 0.410. The molecule has 1 N–H and O–H groups in total. The zero-order chi connectivity index (χ0) is 21.7. The molecular formula is C23H27N3O4. The van der Waals surface area contributed by atoms with Crippen molar-refractivity contribution < 1.29 is 19.4 Å². The first-order valence-electron chi connectivity index (χ1n) is 10.00. The van der Waals surface area contributed by atoms with Crippen LogP contribution in [0.25, 0.3) is 5.76 Å². The molecule has 1 saturated heterocycles. The highest BCUT2D eigenvalue weighted by Crippen LogP contribution is 2.39. The number of Topliss-reactive ketones (excluding diaryl/α,β-unsaturated/α-hetero) is 1. The topological polar surface area (TPSA) is 83.0 Å². The highest BCUT2D eigenvalue weighted by atomic mass is 16.5. The molecule has 2 aromatic rings. The monoisotopic (exact) mass is 409 g/mol. The van der Waals surface area contributed by atoms with Gasteiger partial charge in [0, 0.05) is 24.5 Å². The average Bonchev–Trinajstić information content (AvgIpc) is 2.99. The Hall–Kier alpha value is -3.19. The minimum atomic E-state index is -0.680. The van der Waals surface area contributed by atoms with Crippen molar-refractivity contribution in [2.45, 2.75) is 19.4 Å². The van der Waals surface area contributed by atoms with Crippen molar-refractivity contribution in [2.75, 3.05) is 33.8 Å². The Morgan fingerprint density at radius 3 is 2.60 bits per heavy atom. The number of pyridine rings is 1. The summed E-state index contributed by atoms with van der Waals surface area (Å²) in [7, 11) is 3.92. The molecule has 0 spiro atoms. The van der Waals surface area contributed by atoms with E-state index in [0.717, 1.165) is 12.1 Å². The molecule has 7 nitrogen and oxygen atoms in total. The Balaban J connectivity index is 2.06. The number of ether oxygens (including phenoxy) is 1. The van der Waals surface area contributed by atoms with Crippen LogP contribution in [0.15, 0.2) is 54.4 Å². The lowest BCUT2D eigenvalue weighted by molar-refractivity contribution is -0.139. The fourth-order valence-corrected chi connectivity index (χ4v) is 3.62. The maximum atomic E-state index is 13.0. The number of likely N-dealkylation sites (tertiary alicyclic amines) is 1. The summed E-state index contributed by atoms with van der Waals surface area (Å²) >= 11 is 0. The molecule has 1 aromatic carbocycles. The van der Waals surface area contributed by atoms with Crippen LogP contribution in [0.4, 0.5) is 0 Å². The molecule has 0 unspecified atom stereocenters. The molecule has 1 amide bonds. The Morgan fingerprint density at radius 2 is 1.93 bits per heavy atom. The van der Waals surface area contributed by atoms with Gasteiger partial charge >= 0.3 is 0 Å². The molecule has 1 aliphatic heterocycles. The van der Waals surface area contributed by atoms with Crippen molar-refractivity contribution in [2.24, 2.45) is 0 Å². The zero-order valence-corrected chi connectivity index (χ0v) is 17.5. The van der Waals surface area contributed by atoms with Crippen LogP contribution in [0.1, 0.15) is 30.5 Å². The number of aliphatic hydroxyl groups is 1. The lowest BCUT2D eigenvalue weighted by Crippen LogP contribution is -2.32. The summed E-state index contributed by atoms with van der Waals surface area (Å²) in [6, 6.07) is 9.75. The second-order valence-corrected chi connectivity index (χ2v) is 7.39. The molecule has 0 radical (unpaired) electrons. The zero-order valence-electron chi connectivity index (χ0n) is 17.5. The van der Waals surface area contributed by atoms with Crippen LogP contribution in [-0.4, -0.2) is 65.4 Å². The summed E-state index contributed by atoms with van der Waals surface area (Å²) in [5.74, 6) is -0.895. The predicted octanol–water partition coefficient (Wildman–Crippen LogP) is 2.85. The van der Waals surface area contributed by atoms with E-state index in [4.69, 9.17) is 4.74 Å². The minimum absolute atomic E-state index is 0.0877. The predicted molar refractivity (Wildman–Crippen MR) is 114 cm³/mol. The van der Waals surface area contributed by atoms with Gasteiger partial charge < -0.3 is 19.6 Å². The standard InChI is InChI=1S/C23H27N3O4/c1-4-30-18-8-5-7-17(15-18)21(27)19-20(16-9-11-24-12-10-16)26(23(29)22(19)28)14-6-13-25(2)3/h5,7-12,15,20,27H,4,6,13-14H2,1-3H3/t20-/m0/s1. The van der Waals surface area contributed by atoms with E-state index in [9.17, 15) is 14.7 Å². The fourth-order valence-electron chi connectivity index (χ4n) is 3.62. The lowest BCUT2D eigenvalue weighted by atomic mass is 9.96. The van der Waals surface area contributed by atoms with Gasteiger partial charge in [-0.3, -0.25) is 14.6 Å². The molecule has 158 valence electrons. The fraction of sp³-hybridized carbons (Fsp3) is 0.348. The number of hydrogen-bond acceptors (Lipinski definition) is 6. The highest BCUT2D eigenvalue weighted by Gasteiger charge is 2.45. The second-order valence-electron chi connectivity index (χ2n) is 7.39. The van der Waals surface area contributed by atoms with E-state index in [1.807, 2.05) is 25.9 Å². The summed E-state index contributed by atoms with van der Waals surface area (Å²) in [5, 5.41) is 11.1. The molecule has 2 heterocycles. The number of aromatic nitrogens is 1. The number of amides is 1. The van der Waals surface area contributed by atoms with Gasteiger partial charge in [-0.15, -0.1) is 0 Å². The number of hydrogen-bond donors (Lipinski definition) is 1. The van der Waals surface area contributed by atoms with Crippen molar-refractivity contribution in [1.29, 1.82) is 0 Å². The second kappa shape index (κ2) is 9.54. The first-order chi connectivity index (χ1) is 14.4. The van der Waals surface area contributed by atoms with Crippen LogP contribution < -0.4 is 4.74 Å². The van der Waals surface area contributed by atoms with E-state index in [2.05, 4.69) is 4.98 Å². The number of nitrogens with zero attached hydrogens (tertiary/aromatic N) is 3. The number of aliphatic hydroxyl groups excluding tert-OH is 1. The average molecular weight is 409 g/mol. The Morgan fingerprint density at radius 1 is 1.20 bits per heavy atom. The third-order valence-electron chi connectivity index (χ3n) is 4.98. The van der Waals surface area contributed by atoms with Crippen molar-refractivity contribution in [3.05, 3.63) is 65.5 Å². The van der Waals surface area contributed by atoms with Crippen molar-refractivity contribution in [1.82, 2.24) is 14.8 Å². The normalized spacial score (nSPS) is 18.3. The van der Waals surface area contributed by atoms with E-state index in [1.54, 1.807) is 53.7 Å². The molecule has 3 rings (SSSR count). The Labute approximate surface area is 176 Å². The van der Waals surface area contributed by atoms with Gasteiger partial charge in [0.2, 0.25) is 0 Å². The first kappa shape index (κ1) is 21.5. The van der Waals surface area contributed by atoms with Crippen LogP contribution in [0.3, 0.4) is 0 Å². The molecule has 1 aliphatic rings. The van der Waals surface area contributed by atoms with E-state index in [1.165, 1.54) is 0 Å². The molecule has 1 atom stereocenters. The molecule has 0 aliphatic carbocycles. The van der Waals surface area contributed by atoms with Crippen LogP contribution in [-0.2, 0) is 9.59 Å². The SMILES string of the molecule is CCOc1cccc(C(O)=C2C(=O)C(=O)N(CCCN(C)C)[C@H]2c2ccncc2)c1. The van der Waals surface area contributed by atoms with Crippen molar-refractivity contribution in [3.63, 3.8) is 0 Å². The largest absolute Gasteiger partial charge is 0.507 e. The van der Waals surface area contributed by atoms with Gasteiger partial charge in [0.25, 0.3) is 11.7 Å². The summed E-state index contributed by atoms with van der Waals surface area (Å²) in [6.07, 6.45) is 3.94. The van der Waals surface area contributed by atoms with Crippen LogP contribution >= 0.6 is 0 Å². The van der Waals surface area contributed by atoms with Gasteiger partial charge in [0.1, 0.15) is 11.5 Å². The molecule has 0 saturated carbocycles. The molecule has 0 bridgehead atoms. The van der Waals surface area contributed by atoms with Crippen LogP contribution in [0.2, 0.25) is 0 Å². The molecular weight excluding hydrogens is 382 g/mol. The van der Waals surface area contributed by atoms with Gasteiger partial charge in [0.05, 0.1) is 18.2 Å². The van der Waals surface area contributed by atoms with E-state index in [-0.39, 0.29) is 11.3 Å². The lowest BCUT2D eigenvalue weighted by Gasteiger charge is -2.25. The van der Waals surface area contributed by atoms with Gasteiger partial charge in [-0.1, -0.05) is 12.1 Å². The van der Waals surface area contributed by atoms with Crippen molar-refractivity contribution in [3.8, 4) is 5.75 Å². The number of ketones is 1. The number of rotatable bonds is 8. The number of carbonyl (C=O) groups is 2. The highest BCUT2D eigenvalue weighted by molar-refractivity contribution is 6.46. The molecule has 30 heavy (non-hydrogen) atoms. The maximum Gasteiger partial charge on any atom is 0.295 e. The van der Waals surface area contributed by atoms with Gasteiger partial charge in [-0.25, -0.2) is 0 Å². The Bertz CT molecular complexity index is 940. The third-order valence-corrected chi connectivity index (χ3v) is 4.98. The number of carbonyl (C=O) groups excluding carboxylic acids is 2. The smallest absolute Gasteiger partial charge is 0.295 e. The summed E-state index contributed by atoms with van der Waals surface area (Å²) < 4.78 is 5.51. The van der Waals surface area contributed by atoms with Crippen molar-refractivity contribution >= 4 is 17.4 Å². The van der Waals surface area contributed by atoms with Crippen LogP contribution in [0.5, 0.6) is 5.75 Å². The van der Waals surface area contributed by atoms with Gasteiger partial charge in [-0.05, 0) is 63.8 Å².